The molecule has 0 heterocycles. The van der Waals surface area contributed by atoms with Crippen LogP contribution in [0.2, 0.25) is 0 Å². The molecule has 1 aliphatic rings. The fraction of sp³-hybridized carbons (Fsp3) is 1.00. The zero-order valence-electron chi connectivity index (χ0n) is 7.65. The highest BCUT2D eigenvalue weighted by atomic mass is 16.5. The van der Waals surface area contributed by atoms with Crippen LogP contribution in [-0.4, -0.2) is 25.8 Å². The first-order valence-corrected chi connectivity index (χ1v) is 4.60. The predicted octanol–water partition coefficient (Wildman–Crippen LogP) is 1.56. The van der Waals surface area contributed by atoms with E-state index < -0.39 is 0 Å². The van der Waals surface area contributed by atoms with Gasteiger partial charge in [0.05, 0.1) is 0 Å². The van der Waals surface area contributed by atoms with Crippen molar-refractivity contribution >= 4 is 0 Å². The molecule has 1 rings (SSSR count). The van der Waals surface area contributed by atoms with Crippen molar-refractivity contribution in [3.8, 4) is 0 Å². The summed E-state index contributed by atoms with van der Waals surface area (Å²) < 4.78 is 5.27. The molecule has 0 aromatic carbocycles. The average molecular weight is 157 g/mol. The van der Waals surface area contributed by atoms with Crippen molar-refractivity contribution in [1.82, 2.24) is 5.32 Å². The molecule has 66 valence electrons. The van der Waals surface area contributed by atoms with E-state index in [2.05, 4.69) is 12.4 Å². The zero-order chi connectivity index (χ0) is 8.16. The molecule has 0 unspecified atom stereocenters. The Hall–Kier alpha value is -0.0800. The molecule has 1 fully saturated rings. The van der Waals surface area contributed by atoms with Crippen molar-refractivity contribution in [2.24, 2.45) is 0 Å². The largest absolute Gasteiger partial charge is 0.382 e. The van der Waals surface area contributed by atoms with E-state index in [4.69, 9.17) is 4.74 Å². The maximum absolute atomic E-state index is 5.27. The lowest BCUT2D eigenvalue weighted by Gasteiger charge is -2.12. The van der Waals surface area contributed by atoms with E-state index in [1.807, 2.05) is 6.92 Å². The highest BCUT2D eigenvalue weighted by molar-refractivity contribution is 5.00. The van der Waals surface area contributed by atoms with Gasteiger partial charge in [-0.2, -0.15) is 0 Å². The van der Waals surface area contributed by atoms with Gasteiger partial charge in [-0.3, -0.25) is 0 Å². The Bertz CT molecular complexity index is 110. The van der Waals surface area contributed by atoms with Gasteiger partial charge in [0.25, 0.3) is 0 Å². The lowest BCUT2D eigenvalue weighted by atomic mass is 10.1. The van der Waals surface area contributed by atoms with E-state index in [0.717, 1.165) is 13.2 Å². The molecule has 0 aromatic rings. The molecule has 0 spiro atoms. The molecule has 0 radical (unpaired) electrons. The minimum atomic E-state index is 0.511. The molecule has 0 amide bonds. The smallest absolute Gasteiger partial charge is 0.0466 e. The number of ether oxygens (including phenoxy) is 1. The number of nitrogens with one attached hydrogen (secondary N) is 1. The topological polar surface area (TPSA) is 21.3 Å². The number of rotatable bonds is 6. The molecule has 0 aliphatic heterocycles. The standard InChI is InChI=1S/C9H19NO/c1-3-11-8-4-5-9(10-2)6-7-9/h10H,3-8H2,1-2H3. The Morgan fingerprint density at radius 3 is 2.64 bits per heavy atom. The fourth-order valence-corrected chi connectivity index (χ4v) is 1.43. The van der Waals surface area contributed by atoms with E-state index in [-0.39, 0.29) is 0 Å². The second-order valence-corrected chi connectivity index (χ2v) is 3.33. The predicted molar refractivity (Wildman–Crippen MR) is 46.8 cm³/mol. The van der Waals surface area contributed by atoms with Crippen LogP contribution in [0.15, 0.2) is 0 Å². The summed E-state index contributed by atoms with van der Waals surface area (Å²) in [5, 5.41) is 3.37. The number of hydrogen-bond acceptors (Lipinski definition) is 2. The maximum atomic E-state index is 5.27. The third-order valence-electron chi connectivity index (χ3n) is 2.53. The van der Waals surface area contributed by atoms with Crippen LogP contribution in [0.4, 0.5) is 0 Å². The van der Waals surface area contributed by atoms with Crippen molar-refractivity contribution in [1.29, 1.82) is 0 Å². The second-order valence-electron chi connectivity index (χ2n) is 3.33. The normalized spacial score (nSPS) is 20.2. The van der Waals surface area contributed by atoms with Gasteiger partial charge in [0.15, 0.2) is 0 Å². The van der Waals surface area contributed by atoms with Crippen molar-refractivity contribution in [3.05, 3.63) is 0 Å². The van der Waals surface area contributed by atoms with E-state index in [1.165, 1.54) is 25.7 Å². The van der Waals surface area contributed by atoms with E-state index >= 15 is 0 Å². The Labute approximate surface area is 69.3 Å². The average Bonchev–Trinajstić information content (AvgIpc) is 2.80. The van der Waals surface area contributed by atoms with Gasteiger partial charge in [-0.25, -0.2) is 0 Å². The molecule has 0 saturated heterocycles. The van der Waals surface area contributed by atoms with Crippen LogP contribution in [0.25, 0.3) is 0 Å². The van der Waals surface area contributed by atoms with Crippen molar-refractivity contribution in [3.63, 3.8) is 0 Å². The van der Waals surface area contributed by atoms with Crippen LogP contribution in [0.5, 0.6) is 0 Å². The van der Waals surface area contributed by atoms with Crippen LogP contribution in [0.3, 0.4) is 0 Å². The Balaban J connectivity index is 1.94. The van der Waals surface area contributed by atoms with Crippen LogP contribution >= 0.6 is 0 Å². The third kappa shape index (κ3) is 2.80. The highest BCUT2D eigenvalue weighted by Crippen LogP contribution is 2.38. The first-order valence-electron chi connectivity index (χ1n) is 4.60. The molecular formula is C9H19NO. The molecule has 1 aliphatic carbocycles. The maximum Gasteiger partial charge on any atom is 0.0466 e. The monoisotopic (exact) mass is 157 g/mol. The van der Waals surface area contributed by atoms with Gasteiger partial charge >= 0.3 is 0 Å². The fourth-order valence-electron chi connectivity index (χ4n) is 1.43. The summed E-state index contributed by atoms with van der Waals surface area (Å²) in [6.45, 7) is 3.83. The summed E-state index contributed by atoms with van der Waals surface area (Å²) in [4.78, 5) is 0. The summed E-state index contributed by atoms with van der Waals surface area (Å²) >= 11 is 0. The van der Waals surface area contributed by atoms with Gasteiger partial charge in [-0.15, -0.1) is 0 Å². The summed E-state index contributed by atoms with van der Waals surface area (Å²) in [5.41, 5.74) is 0.511. The molecular weight excluding hydrogens is 138 g/mol. The van der Waals surface area contributed by atoms with Gasteiger partial charge in [0, 0.05) is 18.8 Å². The zero-order valence-corrected chi connectivity index (χ0v) is 7.65. The Morgan fingerprint density at radius 2 is 2.18 bits per heavy atom. The molecule has 2 nitrogen and oxygen atoms in total. The molecule has 11 heavy (non-hydrogen) atoms. The Kier molecular flexibility index (Phi) is 3.34. The summed E-state index contributed by atoms with van der Waals surface area (Å²) in [6.07, 6.45) is 5.20. The van der Waals surface area contributed by atoms with Gasteiger partial charge in [-0.05, 0) is 39.7 Å². The Morgan fingerprint density at radius 1 is 1.45 bits per heavy atom. The molecule has 1 saturated carbocycles. The van der Waals surface area contributed by atoms with Gasteiger partial charge in [0.1, 0.15) is 0 Å². The first kappa shape index (κ1) is 9.01. The summed E-state index contributed by atoms with van der Waals surface area (Å²) in [7, 11) is 2.06. The van der Waals surface area contributed by atoms with E-state index in [1.54, 1.807) is 0 Å². The summed E-state index contributed by atoms with van der Waals surface area (Å²) in [5.74, 6) is 0. The minimum absolute atomic E-state index is 0.511. The molecule has 0 aromatic heterocycles. The lowest BCUT2D eigenvalue weighted by molar-refractivity contribution is 0.140. The SMILES string of the molecule is CCOCCCC1(NC)CC1. The molecule has 1 N–H and O–H groups in total. The lowest BCUT2D eigenvalue weighted by Crippen LogP contribution is -2.27. The van der Waals surface area contributed by atoms with E-state index in [0.29, 0.717) is 5.54 Å². The first-order chi connectivity index (χ1) is 5.33. The van der Waals surface area contributed by atoms with Crippen LogP contribution in [-0.2, 0) is 4.74 Å². The van der Waals surface area contributed by atoms with Crippen LogP contribution in [0, 0.1) is 0 Å². The second kappa shape index (κ2) is 4.07. The minimum Gasteiger partial charge on any atom is -0.382 e. The highest BCUT2D eigenvalue weighted by Gasteiger charge is 2.39. The van der Waals surface area contributed by atoms with E-state index in [9.17, 15) is 0 Å². The third-order valence-corrected chi connectivity index (χ3v) is 2.53. The van der Waals surface area contributed by atoms with Gasteiger partial charge in [0.2, 0.25) is 0 Å². The van der Waals surface area contributed by atoms with Crippen LogP contribution in [0.1, 0.15) is 32.6 Å². The molecule has 0 bridgehead atoms. The van der Waals surface area contributed by atoms with Gasteiger partial charge < -0.3 is 10.1 Å². The van der Waals surface area contributed by atoms with Gasteiger partial charge in [-0.1, -0.05) is 0 Å². The van der Waals surface area contributed by atoms with Crippen molar-refractivity contribution in [2.75, 3.05) is 20.3 Å². The number of hydrogen-bond donors (Lipinski definition) is 1. The van der Waals surface area contributed by atoms with Crippen LogP contribution < -0.4 is 5.32 Å². The molecule has 0 atom stereocenters. The molecule has 2 heteroatoms. The van der Waals surface area contributed by atoms with Crippen molar-refractivity contribution in [2.45, 2.75) is 38.1 Å². The quantitative estimate of drug-likeness (QED) is 0.591. The van der Waals surface area contributed by atoms with Crippen molar-refractivity contribution < 1.29 is 4.74 Å². The summed E-state index contributed by atoms with van der Waals surface area (Å²) in [6, 6.07) is 0.